The van der Waals surface area contributed by atoms with Crippen LogP contribution < -0.4 is 0 Å². The maximum atomic E-state index is 9.57. The van der Waals surface area contributed by atoms with Crippen LogP contribution in [-0.4, -0.2) is 10.1 Å². The number of thiazole rings is 1. The number of halogens is 1. The molecule has 0 aliphatic heterocycles. The Hall–Kier alpha value is -0.610. The molecule has 1 heterocycles. The van der Waals surface area contributed by atoms with E-state index in [0.29, 0.717) is 9.99 Å². The van der Waals surface area contributed by atoms with Gasteiger partial charge in [0.25, 0.3) is 0 Å². The maximum absolute atomic E-state index is 9.57. The molecule has 2 aromatic rings. The van der Waals surface area contributed by atoms with Gasteiger partial charge < -0.3 is 5.11 Å². The SMILES string of the molecule is Cc1nc2c(O)c(Br)ccc2s1. The van der Waals surface area contributed by atoms with Gasteiger partial charge in [0, 0.05) is 0 Å². The summed E-state index contributed by atoms with van der Waals surface area (Å²) < 4.78 is 1.72. The zero-order valence-electron chi connectivity index (χ0n) is 6.34. The van der Waals surface area contributed by atoms with E-state index in [4.69, 9.17) is 0 Å². The Morgan fingerprint density at radius 3 is 3.00 bits per heavy atom. The van der Waals surface area contributed by atoms with Crippen molar-refractivity contribution >= 4 is 37.5 Å². The predicted molar refractivity (Wildman–Crippen MR) is 53.7 cm³/mol. The number of aromatic nitrogens is 1. The third-order valence-corrected chi connectivity index (χ3v) is 3.17. The third kappa shape index (κ3) is 1.11. The van der Waals surface area contributed by atoms with E-state index in [-0.39, 0.29) is 5.75 Å². The third-order valence-electron chi connectivity index (χ3n) is 1.59. The fraction of sp³-hybridized carbons (Fsp3) is 0.125. The van der Waals surface area contributed by atoms with Gasteiger partial charge in [-0.15, -0.1) is 11.3 Å². The van der Waals surface area contributed by atoms with Crippen LogP contribution >= 0.6 is 27.3 Å². The molecule has 2 nitrogen and oxygen atoms in total. The molecule has 0 unspecified atom stereocenters. The van der Waals surface area contributed by atoms with Gasteiger partial charge >= 0.3 is 0 Å². The molecule has 0 spiro atoms. The number of rotatable bonds is 0. The first-order valence-electron chi connectivity index (χ1n) is 3.43. The van der Waals surface area contributed by atoms with E-state index in [1.54, 1.807) is 11.3 Å². The van der Waals surface area contributed by atoms with Crippen LogP contribution in [0.2, 0.25) is 0 Å². The van der Waals surface area contributed by atoms with E-state index in [1.807, 2.05) is 19.1 Å². The second-order valence-electron chi connectivity index (χ2n) is 2.48. The molecule has 0 saturated heterocycles. The van der Waals surface area contributed by atoms with Gasteiger partial charge in [-0.05, 0) is 35.0 Å². The fourth-order valence-corrected chi connectivity index (χ4v) is 2.22. The van der Waals surface area contributed by atoms with Crippen LogP contribution in [-0.2, 0) is 0 Å². The summed E-state index contributed by atoms with van der Waals surface area (Å²) in [5.74, 6) is 0.233. The first-order valence-corrected chi connectivity index (χ1v) is 5.04. The summed E-state index contributed by atoms with van der Waals surface area (Å²) in [5.41, 5.74) is 0.687. The zero-order valence-corrected chi connectivity index (χ0v) is 8.74. The highest BCUT2D eigenvalue weighted by atomic mass is 79.9. The summed E-state index contributed by atoms with van der Waals surface area (Å²) in [5, 5.41) is 10.5. The van der Waals surface area contributed by atoms with Crippen molar-refractivity contribution in [1.82, 2.24) is 4.98 Å². The van der Waals surface area contributed by atoms with E-state index in [0.717, 1.165) is 9.71 Å². The molecule has 1 aromatic carbocycles. The first kappa shape index (κ1) is 8.01. The highest BCUT2D eigenvalue weighted by Crippen LogP contribution is 2.34. The molecule has 0 amide bonds. The summed E-state index contributed by atoms with van der Waals surface area (Å²) in [7, 11) is 0. The minimum Gasteiger partial charge on any atom is -0.505 e. The van der Waals surface area contributed by atoms with Crippen LogP contribution in [0.25, 0.3) is 10.2 Å². The van der Waals surface area contributed by atoms with Gasteiger partial charge in [-0.25, -0.2) is 4.98 Å². The summed E-state index contributed by atoms with van der Waals surface area (Å²) in [4.78, 5) is 4.21. The van der Waals surface area contributed by atoms with Crippen molar-refractivity contribution in [2.45, 2.75) is 6.92 Å². The molecule has 2 rings (SSSR count). The summed E-state index contributed by atoms with van der Waals surface area (Å²) in [6.07, 6.45) is 0. The Bertz CT molecular complexity index is 438. The highest BCUT2D eigenvalue weighted by molar-refractivity contribution is 9.10. The average molecular weight is 244 g/mol. The number of hydrogen-bond donors (Lipinski definition) is 1. The van der Waals surface area contributed by atoms with Crippen LogP contribution in [0.1, 0.15) is 5.01 Å². The Balaban J connectivity index is 2.89. The topological polar surface area (TPSA) is 33.1 Å². The number of benzene rings is 1. The minimum absolute atomic E-state index is 0.233. The van der Waals surface area contributed by atoms with E-state index in [1.165, 1.54) is 0 Å². The molecule has 62 valence electrons. The van der Waals surface area contributed by atoms with Gasteiger partial charge in [0.05, 0.1) is 14.2 Å². The Kier molecular flexibility index (Phi) is 1.81. The zero-order chi connectivity index (χ0) is 8.72. The lowest BCUT2D eigenvalue weighted by atomic mass is 10.3. The van der Waals surface area contributed by atoms with Gasteiger partial charge in [0.15, 0.2) is 5.75 Å². The molecule has 12 heavy (non-hydrogen) atoms. The van der Waals surface area contributed by atoms with Crippen molar-refractivity contribution in [1.29, 1.82) is 0 Å². The van der Waals surface area contributed by atoms with Gasteiger partial charge in [0.1, 0.15) is 5.52 Å². The van der Waals surface area contributed by atoms with E-state index in [2.05, 4.69) is 20.9 Å². The number of hydrogen-bond acceptors (Lipinski definition) is 3. The van der Waals surface area contributed by atoms with Gasteiger partial charge in [-0.2, -0.15) is 0 Å². The van der Waals surface area contributed by atoms with Gasteiger partial charge in [-0.3, -0.25) is 0 Å². The summed E-state index contributed by atoms with van der Waals surface area (Å²) >= 11 is 4.82. The number of nitrogens with zero attached hydrogens (tertiary/aromatic N) is 1. The number of phenolic OH excluding ortho intramolecular Hbond substituents is 1. The Labute approximate surface area is 82.0 Å². The molecule has 0 radical (unpaired) electrons. The summed E-state index contributed by atoms with van der Waals surface area (Å²) in [6.45, 7) is 1.93. The van der Waals surface area contributed by atoms with Crippen molar-refractivity contribution in [2.24, 2.45) is 0 Å². The molecule has 0 aliphatic rings. The molecule has 0 bridgehead atoms. The molecule has 1 N–H and O–H groups in total. The largest absolute Gasteiger partial charge is 0.505 e. The average Bonchev–Trinajstić information content (AvgIpc) is 2.39. The molecule has 0 atom stereocenters. The molecule has 0 fully saturated rings. The van der Waals surface area contributed by atoms with Crippen molar-refractivity contribution in [3.05, 3.63) is 21.6 Å². The van der Waals surface area contributed by atoms with Crippen LogP contribution in [0.5, 0.6) is 5.75 Å². The second kappa shape index (κ2) is 2.71. The minimum atomic E-state index is 0.233. The molecule has 0 saturated carbocycles. The Morgan fingerprint density at radius 1 is 1.50 bits per heavy atom. The highest BCUT2D eigenvalue weighted by Gasteiger charge is 2.07. The fourth-order valence-electron chi connectivity index (χ4n) is 1.07. The van der Waals surface area contributed by atoms with E-state index in [9.17, 15) is 5.11 Å². The van der Waals surface area contributed by atoms with Gasteiger partial charge in [-0.1, -0.05) is 0 Å². The lowest BCUT2D eigenvalue weighted by molar-refractivity contribution is 0.477. The standard InChI is InChI=1S/C8H6BrNOS/c1-4-10-7-6(12-4)3-2-5(9)8(7)11/h2-3,11H,1H3. The van der Waals surface area contributed by atoms with Crippen LogP contribution in [0.3, 0.4) is 0 Å². The lowest BCUT2D eigenvalue weighted by Gasteiger charge is -1.95. The van der Waals surface area contributed by atoms with Crippen molar-refractivity contribution in [3.63, 3.8) is 0 Å². The number of aromatic hydroxyl groups is 1. The van der Waals surface area contributed by atoms with E-state index >= 15 is 0 Å². The molecule has 1 aromatic heterocycles. The smallest absolute Gasteiger partial charge is 0.156 e. The summed E-state index contributed by atoms with van der Waals surface area (Å²) in [6, 6.07) is 3.78. The van der Waals surface area contributed by atoms with E-state index < -0.39 is 0 Å². The number of fused-ring (bicyclic) bond motifs is 1. The second-order valence-corrected chi connectivity index (χ2v) is 4.56. The molecule has 0 aliphatic carbocycles. The van der Waals surface area contributed by atoms with Crippen molar-refractivity contribution < 1.29 is 5.11 Å². The normalized spacial score (nSPS) is 10.8. The number of phenols is 1. The maximum Gasteiger partial charge on any atom is 0.156 e. The van der Waals surface area contributed by atoms with Crippen molar-refractivity contribution in [3.8, 4) is 5.75 Å². The van der Waals surface area contributed by atoms with Crippen LogP contribution in [0.15, 0.2) is 16.6 Å². The molecule has 4 heteroatoms. The predicted octanol–water partition coefficient (Wildman–Crippen LogP) is 3.07. The van der Waals surface area contributed by atoms with Crippen LogP contribution in [0, 0.1) is 6.92 Å². The van der Waals surface area contributed by atoms with Crippen LogP contribution in [0.4, 0.5) is 0 Å². The Morgan fingerprint density at radius 2 is 2.25 bits per heavy atom. The first-order chi connectivity index (χ1) is 5.68. The number of aryl methyl sites for hydroxylation is 1. The molecular formula is C8H6BrNOS. The monoisotopic (exact) mass is 243 g/mol. The van der Waals surface area contributed by atoms with Crippen molar-refractivity contribution in [2.75, 3.05) is 0 Å². The van der Waals surface area contributed by atoms with Gasteiger partial charge in [0.2, 0.25) is 0 Å². The lowest BCUT2D eigenvalue weighted by Crippen LogP contribution is -1.72. The quantitative estimate of drug-likeness (QED) is 0.772. The molecular weight excluding hydrogens is 238 g/mol.